The van der Waals surface area contributed by atoms with Gasteiger partial charge in [-0.2, -0.15) is 0 Å². The van der Waals surface area contributed by atoms with Crippen molar-refractivity contribution < 1.29 is 9.90 Å². The van der Waals surface area contributed by atoms with Crippen molar-refractivity contribution >= 4 is 28.6 Å². The number of aliphatic carboxylic acids is 1. The van der Waals surface area contributed by atoms with E-state index in [-0.39, 0.29) is 9.84 Å². The molecular formula is C5H9IO2. The summed E-state index contributed by atoms with van der Waals surface area (Å²) < 4.78 is 0.213. The molecule has 0 bridgehead atoms. The van der Waals surface area contributed by atoms with Crippen LogP contribution in [0.25, 0.3) is 0 Å². The van der Waals surface area contributed by atoms with E-state index in [9.17, 15) is 4.79 Å². The van der Waals surface area contributed by atoms with Gasteiger partial charge in [0.15, 0.2) is 0 Å². The van der Waals surface area contributed by atoms with E-state index in [0.717, 1.165) is 0 Å². The number of halogens is 1. The predicted octanol–water partition coefficient (Wildman–Crippen LogP) is 1.53. The SMILES string of the molecule is CC(I)C(C)C(=O)O. The third-order valence-corrected chi connectivity index (χ3v) is 2.16. The van der Waals surface area contributed by atoms with Crippen molar-refractivity contribution in [3.05, 3.63) is 0 Å². The molecule has 0 aliphatic carbocycles. The summed E-state index contributed by atoms with van der Waals surface area (Å²) in [6.07, 6.45) is 0. The molecule has 0 aromatic rings. The van der Waals surface area contributed by atoms with Gasteiger partial charge < -0.3 is 5.11 Å². The Labute approximate surface area is 62.4 Å². The van der Waals surface area contributed by atoms with Crippen LogP contribution in [0, 0.1) is 5.92 Å². The zero-order valence-electron chi connectivity index (χ0n) is 4.89. The summed E-state index contributed by atoms with van der Waals surface area (Å²) in [6, 6.07) is 0. The van der Waals surface area contributed by atoms with Gasteiger partial charge in [-0.1, -0.05) is 36.4 Å². The van der Waals surface area contributed by atoms with Crippen molar-refractivity contribution in [2.24, 2.45) is 5.92 Å². The Morgan fingerprint density at radius 3 is 2.00 bits per heavy atom. The van der Waals surface area contributed by atoms with Crippen LogP contribution in [0.1, 0.15) is 13.8 Å². The van der Waals surface area contributed by atoms with E-state index in [1.165, 1.54) is 0 Å². The Morgan fingerprint density at radius 1 is 1.62 bits per heavy atom. The molecule has 0 aliphatic rings. The number of carbonyl (C=O) groups is 1. The molecule has 0 fully saturated rings. The molecule has 0 aliphatic heterocycles. The minimum atomic E-state index is -0.716. The van der Waals surface area contributed by atoms with E-state index in [2.05, 4.69) is 22.6 Å². The average molecular weight is 228 g/mol. The van der Waals surface area contributed by atoms with Crippen LogP contribution >= 0.6 is 22.6 Å². The summed E-state index contributed by atoms with van der Waals surface area (Å²) in [5.74, 6) is -0.942. The summed E-state index contributed by atoms with van der Waals surface area (Å²) in [4.78, 5) is 10.1. The van der Waals surface area contributed by atoms with Gasteiger partial charge in [-0.15, -0.1) is 0 Å². The Bertz CT molecular complexity index is 90.4. The van der Waals surface area contributed by atoms with E-state index in [4.69, 9.17) is 5.11 Å². The van der Waals surface area contributed by atoms with Gasteiger partial charge in [0.25, 0.3) is 0 Å². The lowest BCUT2D eigenvalue weighted by molar-refractivity contribution is -0.140. The highest BCUT2D eigenvalue weighted by Gasteiger charge is 2.15. The molecule has 48 valence electrons. The minimum Gasteiger partial charge on any atom is -0.481 e. The third-order valence-electron chi connectivity index (χ3n) is 1.08. The first-order chi connectivity index (χ1) is 3.55. The Morgan fingerprint density at radius 2 is 2.00 bits per heavy atom. The van der Waals surface area contributed by atoms with Crippen LogP contribution in [0.15, 0.2) is 0 Å². The quantitative estimate of drug-likeness (QED) is 0.574. The number of hydrogen-bond donors (Lipinski definition) is 1. The van der Waals surface area contributed by atoms with Crippen LogP contribution in [0.3, 0.4) is 0 Å². The van der Waals surface area contributed by atoms with E-state index in [1.54, 1.807) is 6.92 Å². The Kier molecular flexibility index (Phi) is 3.35. The molecule has 2 atom stereocenters. The lowest BCUT2D eigenvalue weighted by atomic mass is 10.1. The van der Waals surface area contributed by atoms with Crippen molar-refractivity contribution in [1.82, 2.24) is 0 Å². The number of hydrogen-bond acceptors (Lipinski definition) is 1. The number of alkyl halides is 1. The largest absolute Gasteiger partial charge is 0.481 e. The van der Waals surface area contributed by atoms with E-state index in [0.29, 0.717) is 0 Å². The highest BCUT2D eigenvalue weighted by Crippen LogP contribution is 2.11. The molecule has 0 heterocycles. The van der Waals surface area contributed by atoms with Gasteiger partial charge in [0.2, 0.25) is 0 Å². The first kappa shape index (κ1) is 8.20. The van der Waals surface area contributed by atoms with E-state index < -0.39 is 5.97 Å². The van der Waals surface area contributed by atoms with Crippen LogP contribution < -0.4 is 0 Å². The molecule has 0 aromatic heterocycles. The number of rotatable bonds is 2. The summed E-state index contributed by atoms with van der Waals surface area (Å²) >= 11 is 2.10. The van der Waals surface area contributed by atoms with Crippen molar-refractivity contribution in [1.29, 1.82) is 0 Å². The predicted molar refractivity (Wildman–Crippen MR) is 40.3 cm³/mol. The molecule has 0 saturated carbocycles. The second kappa shape index (κ2) is 3.27. The fourth-order valence-corrected chi connectivity index (χ4v) is 0.504. The van der Waals surface area contributed by atoms with E-state index >= 15 is 0 Å². The topological polar surface area (TPSA) is 37.3 Å². The van der Waals surface area contributed by atoms with Gasteiger partial charge in [-0.25, -0.2) is 0 Å². The molecule has 3 heteroatoms. The molecule has 0 amide bonds. The Hall–Kier alpha value is 0.200. The molecule has 8 heavy (non-hydrogen) atoms. The second-order valence-electron chi connectivity index (χ2n) is 1.80. The first-order valence-electron chi connectivity index (χ1n) is 2.42. The molecule has 2 nitrogen and oxygen atoms in total. The van der Waals surface area contributed by atoms with Crippen LogP contribution in [-0.2, 0) is 4.79 Å². The van der Waals surface area contributed by atoms with Crippen LogP contribution in [-0.4, -0.2) is 15.0 Å². The highest BCUT2D eigenvalue weighted by atomic mass is 127. The smallest absolute Gasteiger partial charge is 0.307 e. The summed E-state index contributed by atoms with van der Waals surface area (Å²) in [5, 5.41) is 8.35. The van der Waals surface area contributed by atoms with Gasteiger partial charge in [0, 0.05) is 3.92 Å². The lowest BCUT2D eigenvalue weighted by Crippen LogP contribution is -2.17. The van der Waals surface area contributed by atoms with Crippen LogP contribution in [0.4, 0.5) is 0 Å². The summed E-state index contributed by atoms with van der Waals surface area (Å²) in [6.45, 7) is 3.60. The van der Waals surface area contributed by atoms with Crippen molar-refractivity contribution in [2.45, 2.75) is 17.8 Å². The summed E-state index contributed by atoms with van der Waals surface area (Å²) in [5.41, 5.74) is 0. The van der Waals surface area contributed by atoms with Gasteiger partial charge in [0.05, 0.1) is 5.92 Å². The standard InChI is InChI=1S/C5H9IO2/c1-3(4(2)6)5(7)8/h3-4H,1-2H3,(H,7,8). The molecule has 0 spiro atoms. The van der Waals surface area contributed by atoms with Gasteiger partial charge >= 0.3 is 5.97 Å². The number of carboxylic acid groups (broad SMARTS) is 1. The highest BCUT2D eigenvalue weighted by molar-refractivity contribution is 14.1. The van der Waals surface area contributed by atoms with Gasteiger partial charge in [-0.3, -0.25) is 4.79 Å². The maximum atomic E-state index is 10.1. The second-order valence-corrected chi connectivity index (χ2v) is 3.77. The zero-order chi connectivity index (χ0) is 6.73. The normalized spacial score (nSPS) is 17.4. The molecule has 0 aromatic carbocycles. The molecule has 2 unspecified atom stereocenters. The minimum absolute atomic E-state index is 0.213. The maximum Gasteiger partial charge on any atom is 0.307 e. The Balaban J connectivity index is 3.64. The average Bonchev–Trinajstić information content (AvgIpc) is 1.64. The molecule has 0 rings (SSSR count). The molecular weight excluding hydrogens is 219 g/mol. The fraction of sp³-hybridized carbons (Fsp3) is 0.800. The van der Waals surface area contributed by atoms with Crippen LogP contribution in [0.2, 0.25) is 0 Å². The number of carboxylic acids is 1. The lowest BCUT2D eigenvalue weighted by Gasteiger charge is -2.05. The van der Waals surface area contributed by atoms with Crippen molar-refractivity contribution in [2.75, 3.05) is 0 Å². The third kappa shape index (κ3) is 2.49. The first-order valence-corrected chi connectivity index (χ1v) is 3.67. The summed E-state index contributed by atoms with van der Waals surface area (Å²) in [7, 11) is 0. The monoisotopic (exact) mass is 228 g/mol. The van der Waals surface area contributed by atoms with Crippen LogP contribution in [0.5, 0.6) is 0 Å². The van der Waals surface area contributed by atoms with Gasteiger partial charge in [0.1, 0.15) is 0 Å². The molecule has 0 radical (unpaired) electrons. The molecule has 0 saturated heterocycles. The maximum absolute atomic E-state index is 10.1. The van der Waals surface area contributed by atoms with E-state index in [1.807, 2.05) is 6.92 Å². The van der Waals surface area contributed by atoms with Crippen molar-refractivity contribution in [3.8, 4) is 0 Å². The fourth-order valence-electron chi connectivity index (χ4n) is 0.196. The van der Waals surface area contributed by atoms with Gasteiger partial charge in [-0.05, 0) is 0 Å². The zero-order valence-corrected chi connectivity index (χ0v) is 7.05. The molecule has 1 N–H and O–H groups in total. The van der Waals surface area contributed by atoms with Crippen molar-refractivity contribution in [3.63, 3.8) is 0 Å².